The van der Waals surface area contributed by atoms with Crippen LogP contribution in [0.25, 0.3) is 16.3 Å². The van der Waals surface area contributed by atoms with Crippen molar-refractivity contribution < 1.29 is 4.39 Å². The fraction of sp³-hybridized carbons (Fsp3) is 0.0769. The van der Waals surface area contributed by atoms with Crippen LogP contribution in [0.4, 0.5) is 4.39 Å². The molecule has 0 aliphatic rings. The molecule has 2 aromatic carbocycles. The van der Waals surface area contributed by atoms with Crippen LogP contribution in [0.2, 0.25) is 0 Å². The Balaban J connectivity index is 2.62. The standard InChI is InChI=1S/C13H10BrF/c1-9(13(14)15)11-7-6-10-4-2-3-5-12(10)8-11/h2-8H,1H3. The van der Waals surface area contributed by atoms with Crippen LogP contribution < -0.4 is 0 Å². The van der Waals surface area contributed by atoms with E-state index < -0.39 is 0 Å². The highest BCUT2D eigenvalue weighted by atomic mass is 79.9. The molecular weight excluding hydrogens is 255 g/mol. The summed E-state index contributed by atoms with van der Waals surface area (Å²) in [6.07, 6.45) is 0. The first-order valence-corrected chi connectivity index (χ1v) is 5.49. The summed E-state index contributed by atoms with van der Waals surface area (Å²) < 4.78 is 12.7. The molecule has 2 aromatic rings. The van der Waals surface area contributed by atoms with Gasteiger partial charge < -0.3 is 0 Å². The third kappa shape index (κ3) is 2.10. The second-order valence-corrected chi connectivity index (χ2v) is 4.14. The number of benzene rings is 2. The summed E-state index contributed by atoms with van der Waals surface area (Å²) in [6.45, 7) is 1.76. The highest BCUT2D eigenvalue weighted by Crippen LogP contribution is 2.26. The van der Waals surface area contributed by atoms with Crippen LogP contribution in [0.1, 0.15) is 12.5 Å². The maximum Gasteiger partial charge on any atom is 0.169 e. The fourth-order valence-corrected chi connectivity index (χ4v) is 1.76. The molecule has 0 unspecified atom stereocenters. The van der Waals surface area contributed by atoms with E-state index in [9.17, 15) is 4.39 Å². The van der Waals surface area contributed by atoms with Crippen LogP contribution in [0.15, 0.2) is 47.2 Å². The third-order valence-electron chi connectivity index (χ3n) is 2.47. The van der Waals surface area contributed by atoms with Gasteiger partial charge in [0, 0.05) is 0 Å². The molecule has 0 N–H and O–H groups in total. The van der Waals surface area contributed by atoms with E-state index in [0.29, 0.717) is 5.57 Å². The van der Waals surface area contributed by atoms with Gasteiger partial charge in [-0.1, -0.05) is 36.4 Å². The summed E-state index contributed by atoms with van der Waals surface area (Å²) in [5, 5.41) is 2.30. The van der Waals surface area contributed by atoms with Crippen molar-refractivity contribution in [1.82, 2.24) is 0 Å². The molecule has 15 heavy (non-hydrogen) atoms. The van der Waals surface area contributed by atoms with E-state index in [1.807, 2.05) is 42.5 Å². The van der Waals surface area contributed by atoms with Gasteiger partial charge in [-0.2, -0.15) is 4.39 Å². The molecule has 2 rings (SSSR count). The summed E-state index contributed by atoms with van der Waals surface area (Å²) in [6, 6.07) is 14.0. The minimum absolute atomic E-state index is 0.308. The molecule has 0 fully saturated rings. The van der Waals surface area contributed by atoms with Crippen LogP contribution in [-0.4, -0.2) is 0 Å². The Morgan fingerprint density at radius 2 is 1.73 bits per heavy atom. The SMILES string of the molecule is CC(=C(F)Br)c1ccc2ccccc2c1. The minimum Gasteiger partial charge on any atom is -0.199 e. The van der Waals surface area contributed by atoms with Crippen molar-refractivity contribution in [3.05, 3.63) is 52.8 Å². The lowest BCUT2D eigenvalue weighted by Crippen LogP contribution is -1.81. The summed E-state index contributed by atoms with van der Waals surface area (Å²) in [5.74, 6) is 0. The van der Waals surface area contributed by atoms with Crippen LogP contribution in [0.3, 0.4) is 0 Å². The highest BCUT2D eigenvalue weighted by molar-refractivity contribution is 9.11. The van der Waals surface area contributed by atoms with E-state index in [1.54, 1.807) is 6.92 Å². The fourth-order valence-electron chi connectivity index (χ4n) is 1.53. The van der Waals surface area contributed by atoms with Gasteiger partial charge in [-0.15, -0.1) is 0 Å². The molecule has 0 amide bonds. The van der Waals surface area contributed by atoms with Crippen molar-refractivity contribution in [2.45, 2.75) is 6.92 Å². The van der Waals surface area contributed by atoms with Crippen molar-refractivity contribution in [2.75, 3.05) is 0 Å². The van der Waals surface area contributed by atoms with Crippen molar-refractivity contribution in [3.8, 4) is 0 Å². The lowest BCUT2D eigenvalue weighted by molar-refractivity contribution is 0.707. The third-order valence-corrected chi connectivity index (χ3v) is 3.06. The van der Waals surface area contributed by atoms with Gasteiger partial charge in [0.05, 0.1) is 0 Å². The van der Waals surface area contributed by atoms with Gasteiger partial charge in [0.1, 0.15) is 0 Å². The van der Waals surface area contributed by atoms with Crippen LogP contribution in [0, 0.1) is 0 Å². The zero-order valence-corrected chi connectivity index (χ0v) is 9.88. The van der Waals surface area contributed by atoms with Crippen LogP contribution >= 0.6 is 15.9 Å². The van der Waals surface area contributed by atoms with Crippen molar-refractivity contribution in [1.29, 1.82) is 0 Å². The molecule has 0 atom stereocenters. The van der Waals surface area contributed by atoms with E-state index in [4.69, 9.17) is 0 Å². The lowest BCUT2D eigenvalue weighted by atomic mass is 10.0. The number of hydrogen-bond donors (Lipinski definition) is 0. The quantitative estimate of drug-likeness (QED) is 0.688. The van der Waals surface area contributed by atoms with E-state index in [0.717, 1.165) is 10.9 Å². The minimum atomic E-state index is -0.308. The maximum absolute atomic E-state index is 13.0. The summed E-state index contributed by atoms with van der Waals surface area (Å²) in [7, 11) is 0. The Hall–Kier alpha value is -1.15. The molecule has 0 heterocycles. The second-order valence-electron chi connectivity index (χ2n) is 3.45. The first-order valence-electron chi connectivity index (χ1n) is 4.69. The molecule has 0 bridgehead atoms. The van der Waals surface area contributed by atoms with E-state index in [-0.39, 0.29) is 4.74 Å². The number of allylic oxidation sites excluding steroid dienone is 1. The summed E-state index contributed by atoms with van der Waals surface area (Å²) >= 11 is 2.85. The first-order chi connectivity index (χ1) is 7.18. The highest BCUT2D eigenvalue weighted by Gasteiger charge is 2.02. The number of halogens is 2. The molecule has 0 radical (unpaired) electrons. The monoisotopic (exact) mass is 264 g/mol. The Kier molecular flexibility index (Phi) is 2.87. The van der Waals surface area contributed by atoms with Gasteiger partial charge in [0.25, 0.3) is 0 Å². The molecule has 0 aliphatic heterocycles. The second kappa shape index (κ2) is 4.15. The molecule has 2 heteroatoms. The molecule has 0 saturated heterocycles. The van der Waals surface area contributed by atoms with Crippen LogP contribution in [0.5, 0.6) is 0 Å². The number of fused-ring (bicyclic) bond motifs is 1. The predicted octanol–water partition coefficient (Wildman–Crippen LogP) is 4.89. The summed E-state index contributed by atoms with van der Waals surface area (Å²) in [4.78, 5) is 0. The average molecular weight is 265 g/mol. The Morgan fingerprint density at radius 3 is 2.40 bits per heavy atom. The normalized spacial score (nSPS) is 12.7. The summed E-state index contributed by atoms with van der Waals surface area (Å²) in [5.41, 5.74) is 1.53. The lowest BCUT2D eigenvalue weighted by Gasteiger charge is -2.03. The Labute approximate surface area is 96.6 Å². The van der Waals surface area contributed by atoms with Gasteiger partial charge in [0.15, 0.2) is 4.74 Å². The number of rotatable bonds is 1. The molecule has 76 valence electrons. The van der Waals surface area contributed by atoms with E-state index in [2.05, 4.69) is 15.9 Å². The predicted molar refractivity (Wildman–Crippen MR) is 66.6 cm³/mol. The molecule has 0 saturated carbocycles. The molecule has 0 nitrogen and oxygen atoms in total. The maximum atomic E-state index is 13.0. The topological polar surface area (TPSA) is 0 Å². The van der Waals surface area contributed by atoms with E-state index in [1.165, 1.54) is 5.39 Å². The molecule has 0 aliphatic carbocycles. The largest absolute Gasteiger partial charge is 0.199 e. The van der Waals surface area contributed by atoms with Crippen molar-refractivity contribution in [2.24, 2.45) is 0 Å². The molecular formula is C13H10BrF. The van der Waals surface area contributed by atoms with Gasteiger partial charge in [0.2, 0.25) is 0 Å². The van der Waals surface area contributed by atoms with Gasteiger partial charge in [-0.25, -0.2) is 0 Å². The Morgan fingerprint density at radius 1 is 1.07 bits per heavy atom. The first kappa shape index (κ1) is 10.4. The molecule has 0 aromatic heterocycles. The zero-order valence-electron chi connectivity index (χ0n) is 8.30. The number of hydrogen-bond acceptors (Lipinski definition) is 0. The average Bonchev–Trinajstić information content (AvgIpc) is 2.27. The zero-order chi connectivity index (χ0) is 10.8. The van der Waals surface area contributed by atoms with Gasteiger partial charge in [-0.05, 0) is 50.8 Å². The molecule has 0 spiro atoms. The Bertz CT molecular complexity index is 525. The van der Waals surface area contributed by atoms with Gasteiger partial charge in [-0.3, -0.25) is 0 Å². The van der Waals surface area contributed by atoms with Gasteiger partial charge >= 0.3 is 0 Å². The van der Waals surface area contributed by atoms with Crippen molar-refractivity contribution >= 4 is 32.3 Å². The van der Waals surface area contributed by atoms with Crippen molar-refractivity contribution in [3.63, 3.8) is 0 Å². The van der Waals surface area contributed by atoms with Crippen LogP contribution in [-0.2, 0) is 0 Å². The van der Waals surface area contributed by atoms with E-state index >= 15 is 0 Å². The smallest absolute Gasteiger partial charge is 0.169 e.